The molecule has 0 unspecified atom stereocenters. The van der Waals surface area contributed by atoms with Crippen LogP contribution in [0, 0.1) is 0 Å². The van der Waals surface area contributed by atoms with Crippen LogP contribution in [0.1, 0.15) is 32.3 Å². The van der Waals surface area contributed by atoms with Gasteiger partial charge in [-0.25, -0.2) is 4.79 Å². The van der Waals surface area contributed by atoms with E-state index < -0.39 is 0 Å². The van der Waals surface area contributed by atoms with E-state index in [1.54, 1.807) is 0 Å². The van der Waals surface area contributed by atoms with Crippen LogP contribution in [0.15, 0.2) is 24.3 Å². The second kappa shape index (κ2) is 6.79. The van der Waals surface area contributed by atoms with Crippen molar-refractivity contribution in [3.8, 4) is 5.75 Å². The largest absolute Gasteiger partial charge is 0.491 e. The summed E-state index contributed by atoms with van der Waals surface area (Å²) < 4.78 is 5.73. The number of benzene rings is 1. The lowest BCUT2D eigenvalue weighted by atomic mass is 10.0. The van der Waals surface area contributed by atoms with Crippen LogP contribution in [0.5, 0.6) is 5.75 Å². The lowest BCUT2D eigenvalue weighted by molar-refractivity contribution is 0.143. The fraction of sp³-hybridized carbons (Fsp3) is 0.611. The van der Waals surface area contributed by atoms with Gasteiger partial charge in [0, 0.05) is 17.6 Å². The number of hydrogen-bond donors (Lipinski definition) is 1. The quantitative estimate of drug-likeness (QED) is 0.931. The van der Waals surface area contributed by atoms with Gasteiger partial charge in [0.15, 0.2) is 0 Å². The first-order valence-corrected chi connectivity index (χ1v) is 8.55. The maximum Gasteiger partial charge on any atom is 0.317 e. The molecule has 2 aliphatic rings. The topological polar surface area (TPSA) is 44.8 Å². The van der Waals surface area contributed by atoms with Gasteiger partial charge in [-0.3, -0.25) is 4.90 Å². The minimum atomic E-state index is -0.00225. The molecular weight excluding hydrogens is 290 g/mol. The van der Waals surface area contributed by atoms with E-state index in [0.717, 1.165) is 24.4 Å². The zero-order valence-corrected chi connectivity index (χ0v) is 14.2. The maximum absolute atomic E-state index is 12.6. The fourth-order valence-electron chi connectivity index (χ4n) is 3.34. The molecular formula is C18H27N3O2. The molecule has 3 rings (SSSR count). The summed E-state index contributed by atoms with van der Waals surface area (Å²) in [5, 5.41) is 3.12. The van der Waals surface area contributed by atoms with Crippen LogP contribution in [0.2, 0.25) is 0 Å². The molecule has 2 amide bonds. The van der Waals surface area contributed by atoms with Crippen molar-refractivity contribution < 1.29 is 9.53 Å². The Morgan fingerprint density at radius 1 is 1.22 bits per heavy atom. The summed E-state index contributed by atoms with van der Waals surface area (Å²) in [6.07, 6.45) is 2.52. The first-order valence-electron chi connectivity index (χ1n) is 8.55. The van der Waals surface area contributed by atoms with E-state index in [-0.39, 0.29) is 11.6 Å². The highest BCUT2D eigenvalue weighted by Gasteiger charge is 2.30. The first kappa shape index (κ1) is 16.1. The lowest BCUT2D eigenvalue weighted by Gasteiger charge is -2.36. The molecule has 1 fully saturated rings. The van der Waals surface area contributed by atoms with Crippen molar-refractivity contribution in [2.75, 3.05) is 32.8 Å². The zero-order chi connectivity index (χ0) is 16.3. The van der Waals surface area contributed by atoms with Crippen molar-refractivity contribution in [2.24, 2.45) is 0 Å². The first-order chi connectivity index (χ1) is 11.1. The van der Waals surface area contributed by atoms with Crippen LogP contribution < -0.4 is 10.1 Å². The van der Waals surface area contributed by atoms with Crippen LogP contribution in [0.3, 0.4) is 0 Å². The molecule has 1 aromatic carbocycles. The van der Waals surface area contributed by atoms with Crippen LogP contribution >= 0.6 is 0 Å². The second-order valence-corrected chi connectivity index (χ2v) is 7.04. The van der Waals surface area contributed by atoms with Crippen LogP contribution in [-0.2, 0) is 6.54 Å². The van der Waals surface area contributed by atoms with Gasteiger partial charge in [-0.2, -0.15) is 0 Å². The summed E-state index contributed by atoms with van der Waals surface area (Å²) in [6.45, 7) is 9.11. The number of carbonyl (C=O) groups is 1. The number of nitrogens with zero attached hydrogens (tertiary/aromatic N) is 2. The van der Waals surface area contributed by atoms with E-state index in [1.807, 2.05) is 29.2 Å². The van der Waals surface area contributed by atoms with Gasteiger partial charge in [0.1, 0.15) is 12.4 Å². The number of fused-ring (bicyclic) bond motifs is 1. The Kier molecular flexibility index (Phi) is 4.76. The number of amides is 2. The molecule has 5 heteroatoms. The average Bonchev–Trinajstić information content (AvgIpc) is 3.00. The smallest absolute Gasteiger partial charge is 0.317 e. The van der Waals surface area contributed by atoms with Crippen molar-refractivity contribution in [2.45, 2.75) is 38.8 Å². The molecule has 0 bridgehead atoms. The van der Waals surface area contributed by atoms with Crippen molar-refractivity contribution in [1.82, 2.24) is 15.1 Å². The summed E-state index contributed by atoms with van der Waals surface area (Å²) >= 11 is 0. The van der Waals surface area contributed by atoms with Gasteiger partial charge in [-0.15, -0.1) is 0 Å². The molecule has 2 aliphatic heterocycles. The standard InChI is InChI=1S/C18H27N3O2/c1-18(2,21-9-5-6-10-21)14-19-17(22)20-11-12-23-16-8-4-3-7-15(16)13-20/h3-4,7-8H,5-6,9-14H2,1-2H3,(H,19,22). The monoisotopic (exact) mass is 317 g/mol. The van der Waals surface area contributed by atoms with Gasteiger partial charge < -0.3 is 15.0 Å². The Morgan fingerprint density at radius 3 is 2.74 bits per heavy atom. The molecule has 0 saturated carbocycles. The number of para-hydroxylation sites is 1. The zero-order valence-electron chi connectivity index (χ0n) is 14.2. The third-order valence-electron chi connectivity index (χ3n) is 4.87. The summed E-state index contributed by atoms with van der Waals surface area (Å²) in [7, 11) is 0. The minimum absolute atomic E-state index is 0.00225. The number of ether oxygens (including phenoxy) is 1. The van der Waals surface area contributed by atoms with E-state index in [2.05, 4.69) is 24.1 Å². The van der Waals surface area contributed by atoms with E-state index >= 15 is 0 Å². The molecule has 0 atom stereocenters. The highest BCUT2D eigenvalue weighted by Crippen LogP contribution is 2.23. The number of rotatable bonds is 3. The number of nitrogens with one attached hydrogen (secondary N) is 1. The van der Waals surface area contributed by atoms with Crippen molar-refractivity contribution in [3.63, 3.8) is 0 Å². The van der Waals surface area contributed by atoms with Crippen LogP contribution in [0.25, 0.3) is 0 Å². The molecule has 0 radical (unpaired) electrons. The second-order valence-electron chi connectivity index (χ2n) is 7.04. The normalized spacial score (nSPS) is 19.0. The van der Waals surface area contributed by atoms with E-state index in [0.29, 0.717) is 26.2 Å². The molecule has 0 spiro atoms. The Balaban J connectivity index is 1.58. The molecule has 126 valence electrons. The van der Waals surface area contributed by atoms with Crippen molar-refractivity contribution >= 4 is 6.03 Å². The van der Waals surface area contributed by atoms with E-state index in [9.17, 15) is 4.79 Å². The SMILES string of the molecule is CC(C)(CNC(=O)N1CCOc2ccccc2C1)N1CCCC1. The molecule has 2 heterocycles. The Hall–Kier alpha value is -1.75. The van der Waals surface area contributed by atoms with Crippen molar-refractivity contribution in [1.29, 1.82) is 0 Å². The van der Waals surface area contributed by atoms with E-state index in [1.165, 1.54) is 12.8 Å². The fourth-order valence-corrected chi connectivity index (χ4v) is 3.34. The summed E-state index contributed by atoms with van der Waals surface area (Å²) in [5.74, 6) is 0.889. The summed E-state index contributed by atoms with van der Waals surface area (Å²) in [5.41, 5.74) is 1.07. The van der Waals surface area contributed by atoms with Gasteiger partial charge in [-0.1, -0.05) is 18.2 Å². The van der Waals surface area contributed by atoms with E-state index in [4.69, 9.17) is 4.74 Å². The van der Waals surface area contributed by atoms with Gasteiger partial charge in [-0.05, 0) is 45.8 Å². The Labute approximate surface area is 138 Å². The third-order valence-corrected chi connectivity index (χ3v) is 4.87. The van der Waals surface area contributed by atoms with Gasteiger partial charge in [0.2, 0.25) is 0 Å². The number of carbonyl (C=O) groups excluding carboxylic acids is 1. The highest BCUT2D eigenvalue weighted by atomic mass is 16.5. The lowest BCUT2D eigenvalue weighted by Crippen LogP contribution is -2.52. The summed E-state index contributed by atoms with van der Waals surface area (Å²) in [4.78, 5) is 16.9. The number of likely N-dealkylation sites (tertiary alicyclic amines) is 1. The Bertz CT molecular complexity index is 553. The van der Waals surface area contributed by atoms with Crippen LogP contribution in [-0.4, -0.2) is 54.2 Å². The Morgan fingerprint density at radius 2 is 1.96 bits per heavy atom. The van der Waals surface area contributed by atoms with Gasteiger partial charge in [0.05, 0.1) is 13.1 Å². The number of urea groups is 1. The number of hydrogen-bond acceptors (Lipinski definition) is 3. The van der Waals surface area contributed by atoms with Crippen LogP contribution in [0.4, 0.5) is 4.79 Å². The predicted octanol–water partition coefficient (Wildman–Crippen LogP) is 2.47. The average molecular weight is 317 g/mol. The molecule has 0 aliphatic carbocycles. The molecule has 1 N–H and O–H groups in total. The molecule has 1 saturated heterocycles. The summed E-state index contributed by atoms with van der Waals surface area (Å²) in [6, 6.07) is 7.94. The minimum Gasteiger partial charge on any atom is -0.491 e. The maximum atomic E-state index is 12.6. The third kappa shape index (κ3) is 3.78. The highest BCUT2D eigenvalue weighted by molar-refractivity contribution is 5.74. The molecule has 5 nitrogen and oxygen atoms in total. The van der Waals surface area contributed by atoms with Crippen molar-refractivity contribution in [3.05, 3.63) is 29.8 Å². The molecule has 23 heavy (non-hydrogen) atoms. The molecule has 1 aromatic rings. The van der Waals surface area contributed by atoms with Gasteiger partial charge >= 0.3 is 6.03 Å². The predicted molar refractivity (Wildman–Crippen MR) is 90.6 cm³/mol. The van der Waals surface area contributed by atoms with Gasteiger partial charge in [0.25, 0.3) is 0 Å². The molecule has 0 aromatic heterocycles.